The zero-order chi connectivity index (χ0) is 22.6. The molecular weight excluding hydrogens is 428 g/mol. The molecule has 1 aromatic heterocycles. The van der Waals surface area contributed by atoms with Crippen molar-refractivity contribution in [1.82, 2.24) is 14.4 Å². The largest absolute Gasteiger partial charge is 0.455 e. The van der Waals surface area contributed by atoms with Gasteiger partial charge in [0.1, 0.15) is 5.75 Å². The van der Waals surface area contributed by atoms with Gasteiger partial charge in [-0.2, -0.15) is 9.29 Å². The van der Waals surface area contributed by atoms with E-state index in [2.05, 4.69) is 15.5 Å². The van der Waals surface area contributed by atoms with Crippen LogP contribution in [0.15, 0.2) is 51.9 Å². The highest BCUT2D eigenvalue weighted by Crippen LogP contribution is 2.34. The van der Waals surface area contributed by atoms with Crippen LogP contribution in [0.25, 0.3) is 0 Å². The smallest absolute Gasteiger partial charge is 0.245 e. The molecule has 170 valence electrons. The number of hydrogen-bond donors (Lipinski definition) is 1. The summed E-state index contributed by atoms with van der Waals surface area (Å²) in [6.45, 7) is 5.29. The number of nitrogens with zero attached hydrogens (tertiary/aromatic N) is 3. The molecule has 0 unspecified atom stereocenters. The minimum Gasteiger partial charge on any atom is -0.455 e. The summed E-state index contributed by atoms with van der Waals surface area (Å²) in [5, 5.41) is 7.12. The third-order valence-corrected chi connectivity index (χ3v) is 7.27. The Morgan fingerprint density at radius 2 is 1.94 bits per heavy atom. The second kappa shape index (κ2) is 9.70. The number of piperidine rings is 1. The number of aryl methyl sites for hydroxylation is 2. The average molecular weight is 457 g/mol. The molecule has 0 aliphatic carbocycles. The molecule has 1 aliphatic heterocycles. The van der Waals surface area contributed by atoms with Crippen LogP contribution in [-0.2, 0) is 23.0 Å². The summed E-state index contributed by atoms with van der Waals surface area (Å²) in [6, 6.07) is 12.6. The minimum absolute atomic E-state index is 0.235. The van der Waals surface area contributed by atoms with E-state index in [0.717, 1.165) is 24.8 Å². The van der Waals surface area contributed by atoms with Crippen LogP contribution in [0.1, 0.15) is 43.5 Å². The molecule has 4 rings (SSSR count). The standard InChI is InChI=1S/C23H28N4O4S/c1-3-22-25-23(31-26-22)16-24-20-15-19(32(28,29)27-12-5-4-6-13-27)10-11-21(20)30-18-9-7-8-17(2)14-18/h7-11,14-15,24H,3-6,12-13,16H2,1-2H3. The summed E-state index contributed by atoms with van der Waals surface area (Å²) >= 11 is 0. The van der Waals surface area contributed by atoms with Gasteiger partial charge < -0.3 is 14.6 Å². The molecule has 3 aromatic rings. The number of anilines is 1. The van der Waals surface area contributed by atoms with E-state index in [0.29, 0.717) is 48.4 Å². The van der Waals surface area contributed by atoms with Crippen molar-refractivity contribution in [2.75, 3.05) is 18.4 Å². The first-order valence-electron chi connectivity index (χ1n) is 10.9. The van der Waals surface area contributed by atoms with Crippen LogP contribution in [0.4, 0.5) is 5.69 Å². The van der Waals surface area contributed by atoms with Gasteiger partial charge in [0.2, 0.25) is 15.9 Å². The fraction of sp³-hybridized carbons (Fsp3) is 0.391. The molecule has 0 bridgehead atoms. The average Bonchev–Trinajstić information content (AvgIpc) is 3.27. The molecule has 9 heteroatoms. The quantitative estimate of drug-likeness (QED) is 0.532. The Bertz CT molecular complexity index is 1170. The predicted molar refractivity (Wildman–Crippen MR) is 121 cm³/mol. The van der Waals surface area contributed by atoms with Crippen molar-refractivity contribution in [2.24, 2.45) is 0 Å². The molecule has 0 saturated carbocycles. The number of aromatic nitrogens is 2. The monoisotopic (exact) mass is 456 g/mol. The fourth-order valence-corrected chi connectivity index (χ4v) is 5.18. The number of nitrogens with one attached hydrogen (secondary N) is 1. The van der Waals surface area contributed by atoms with E-state index in [1.165, 1.54) is 0 Å². The van der Waals surface area contributed by atoms with Gasteiger partial charge in [0.25, 0.3) is 0 Å². The molecule has 32 heavy (non-hydrogen) atoms. The first kappa shape index (κ1) is 22.3. The maximum Gasteiger partial charge on any atom is 0.245 e. The maximum atomic E-state index is 13.2. The Morgan fingerprint density at radius 1 is 1.12 bits per heavy atom. The van der Waals surface area contributed by atoms with Gasteiger partial charge >= 0.3 is 0 Å². The number of hydrogen-bond acceptors (Lipinski definition) is 7. The molecule has 1 saturated heterocycles. The zero-order valence-corrected chi connectivity index (χ0v) is 19.2. The topological polar surface area (TPSA) is 97.6 Å². The van der Waals surface area contributed by atoms with Crippen LogP contribution in [-0.4, -0.2) is 36.0 Å². The number of sulfonamides is 1. The van der Waals surface area contributed by atoms with E-state index in [1.807, 2.05) is 38.1 Å². The van der Waals surface area contributed by atoms with Gasteiger partial charge in [-0.05, 0) is 55.7 Å². The zero-order valence-electron chi connectivity index (χ0n) is 18.4. The van der Waals surface area contributed by atoms with Gasteiger partial charge in [-0.25, -0.2) is 8.42 Å². The van der Waals surface area contributed by atoms with Crippen molar-refractivity contribution in [2.45, 2.75) is 51.0 Å². The molecule has 2 heterocycles. The van der Waals surface area contributed by atoms with Crippen LogP contribution >= 0.6 is 0 Å². The Morgan fingerprint density at radius 3 is 2.66 bits per heavy atom. The molecule has 0 amide bonds. The van der Waals surface area contributed by atoms with Gasteiger partial charge in [0, 0.05) is 19.5 Å². The highest BCUT2D eigenvalue weighted by Gasteiger charge is 2.27. The second-order valence-corrected chi connectivity index (χ2v) is 9.79. The van der Waals surface area contributed by atoms with Gasteiger partial charge in [-0.15, -0.1) is 0 Å². The van der Waals surface area contributed by atoms with Gasteiger partial charge in [-0.1, -0.05) is 30.6 Å². The predicted octanol–water partition coefficient (Wildman–Crippen LogP) is 4.52. The van der Waals surface area contributed by atoms with Crippen molar-refractivity contribution in [1.29, 1.82) is 0 Å². The van der Waals surface area contributed by atoms with Crippen LogP contribution in [0.3, 0.4) is 0 Å². The summed E-state index contributed by atoms with van der Waals surface area (Å²) < 4.78 is 39.3. The van der Waals surface area contributed by atoms with E-state index in [9.17, 15) is 8.42 Å². The highest BCUT2D eigenvalue weighted by atomic mass is 32.2. The summed E-state index contributed by atoms with van der Waals surface area (Å²) in [5.74, 6) is 2.24. The molecule has 8 nitrogen and oxygen atoms in total. The summed E-state index contributed by atoms with van der Waals surface area (Å²) in [6.07, 6.45) is 3.51. The van der Waals surface area contributed by atoms with E-state index in [1.54, 1.807) is 22.5 Å². The number of rotatable bonds is 8. The SMILES string of the molecule is CCc1noc(CNc2cc(S(=O)(=O)N3CCCCC3)ccc2Oc2cccc(C)c2)n1. The summed E-state index contributed by atoms with van der Waals surface area (Å²) in [7, 11) is -3.58. The normalized spacial score (nSPS) is 14.9. The molecule has 1 N–H and O–H groups in total. The van der Waals surface area contributed by atoms with Gasteiger partial charge in [-0.3, -0.25) is 0 Å². The molecule has 1 fully saturated rings. The fourth-order valence-electron chi connectivity index (χ4n) is 3.63. The lowest BCUT2D eigenvalue weighted by atomic mass is 10.2. The van der Waals surface area contributed by atoms with Gasteiger partial charge in [0.05, 0.1) is 17.1 Å². The highest BCUT2D eigenvalue weighted by molar-refractivity contribution is 7.89. The van der Waals surface area contributed by atoms with Crippen molar-refractivity contribution in [3.05, 3.63) is 59.7 Å². The molecule has 0 radical (unpaired) electrons. The van der Waals surface area contributed by atoms with E-state index < -0.39 is 10.0 Å². The second-order valence-electron chi connectivity index (χ2n) is 7.85. The molecule has 2 aromatic carbocycles. The first-order valence-corrected chi connectivity index (χ1v) is 12.3. The Balaban J connectivity index is 1.63. The third-order valence-electron chi connectivity index (χ3n) is 5.38. The lowest BCUT2D eigenvalue weighted by Crippen LogP contribution is -2.35. The van der Waals surface area contributed by atoms with Crippen LogP contribution in [0, 0.1) is 6.92 Å². The summed E-state index contributed by atoms with van der Waals surface area (Å²) in [5.41, 5.74) is 1.61. The van der Waals surface area contributed by atoms with Crippen molar-refractivity contribution in [3.8, 4) is 11.5 Å². The van der Waals surface area contributed by atoms with Gasteiger partial charge in [0.15, 0.2) is 11.6 Å². The molecular formula is C23H28N4O4S. The van der Waals surface area contributed by atoms with E-state index >= 15 is 0 Å². The van der Waals surface area contributed by atoms with Crippen LogP contribution in [0.2, 0.25) is 0 Å². The molecule has 0 atom stereocenters. The molecule has 0 spiro atoms. The van der Waals surface area contributed by atoms with Crippen LogP contribution < -0.4 is 10.1 Å². The lowest BCUT2D eigenvalue weighted by Gasteiger charge is -2.26. The maximum absolute atomic E-state index is 13.2. The molecule has 1 aliphatic rings. The van der Waals surface area contributed by atoms with Crippen molar-refractivity contribution >= 4 is 15.7 Å². The van der Waals surface area contributed by atoms with Crippen molar-refractivity contribution in [3.63, 3.8) is 0 Å². The van der Waals surface area contributed by atoms with Crippen molar-refractivity contribution < 1.29 is 17.7 Å². The van der Waals surface area contributed by atoms with Crippen LogP contribution in [0.5, 0.6) is 11.5 Å². The first-order chi connectivity index (χ1) is 15.5. The summed E-state index contributed by atoms with van der Waals surface area (Å²) in [4.78, 5) is 4.54. The third kappa shape index (κ3) is 5.11. The Kier molecular flexibility index (Phi) is 6.76. The Hall–Kier alpha value is -2.91. The lowest BCUT2D eigenvalue weighted by molar-refractivity contribution is 0.346. The number of benzene rings is 2. The van der Waals surface area contributed by atoms with E-state index in [4.69, 9.17) is 9.26 Å². The Labute approximate surface area is 188 Å². The number of ether oxygens (including phenoxy) is 1. The minimum atomic E-state index is -3.58. The van der Waals surface area contributed by atoms with E-state index in [-0.39, 0.29) is 11.4 Å².